The molecule has 23 heavy (non-hydrogen) atoms. The Morgan fingerprint density at radius 3 is 2.78 bits per heavy atom. The molecular weight excluding hydrogens is 364 g/mol. The lowest BCUT2D eigenvalue weighted by Gasteiger charge is -2.14. The van der Waals surface area contributed by atoms with Crippen molar-refractivity contribution in [3.8, 4) is 0 Å². The molecule has 0 atom stereocenters. The summed E-state index contributed by atoms with van der Waals surface area (Å²) in [4.78, 5) is 34.3. The van der Waals surface area contributed by atoms with E-state index in [2.05, 4.69) is 0 Å². The third-order valence-corrected chi connectivity index (χ3v) is 4.58. The molecule has 7 nitrogen and oxygen atoms in total. The Bertz CT molecular complexity index is 750. The van der Waals surface area contributed by atoms with Crippen LogP contribution in [0, 0.1) is 10.1 Å². The summed E-state index contributed by atoms with van der Waals surface area (Å²) in [6.45, 7) is -0.0783. The number of thiocarbonyl (C=S) groups is 1. The number of carbonyl (C=O) groups is 2. The Morgan fingerprint density at radius 1 is 1.48 bits per heavy atom. The van der Waals surface area contributed by atoms with E-state index in [0.29, 0.717) is 5.56 Å². The lowest BCUT2D eigenvalue weighted by atomic mass is 10.2. The smallest absolute Gasteiger partial charge is 0.288 e. The van der Waals surface area contributed by atoms with E-state index in [1.807, 2.05) is 0 Å². The van der Waals surface area contributed by atoms with Gasteiger partial charge in [0.1, 0.15) is 9.34 Å². The molecule has 1 aliphatic rings. The summed E-state index contributed by atoms with van der Waals surface area (Å²) >= 11 is 11.8. The van der Waals surface area contributed by atoms with Crippen molar-refractivity contribution in [1.29, 1.82) is 0 Å². The van der Waals surface area contributed by atoms with Gasteiger partial charge in [-0.05, 0) is 17.7 Å². The van der Waals surface area contributed by atoms with E-state index in [1.54, 1.807) is 0 Å². The van der Waals surface area contributed by atoms with E-state index in [0.717, 1.165) is 16.7 Å². The number of carboxylic acids is 1. The zero-order valence-electron chi connectivity index (χ0n) is 11.4. The molecule has 0 unspecified atom stereocenters. The average molecular weight is 372 g/mol. The largest absolute Gasteiger partial charge is 0.550 e. The van der Waals surface area contributed by atoms with Gasteiger partial charge in [0.15, 0.2) is 0 Å². The van der Waals surface area contributed by atoms with Crippen molar-refractivity contribution in [3.63, 3.8) is 0 Å². The van der Waals surface area contributed by atoms with Crippen LogP contribution in [0.1, 0.15) is 12.0 Å². The van der Waals surface area contributed by atoms with Gasteiger partial charge in [-0.3, -0.25) is 19.8 Å². The molecule has 1 aromatic rings. The minimum atomic E-state index is -1.28. The van der Waals surface area contributed by atoms with Crippen molar-refractivity contribution in [2.45, 2.75) is 6.42 Å². The number of hydrogen-bond donors (Lipinski definition) is 0. The normalized spacial score (nSPS) is 16.2. The number of thioether (sulfide) groups is 1. The van der Waals surface area contributed by atoms with Crippen LogP contribution in [0.15, 0.2) is 23.1 Å². The van der Waals surface area contributed by atoms with Gasteiger partial charge < -0.3 is 9.90 Å². The summed E-state index contributed by atoms with van der Waals surface area (Å²) < 4.78 is 0.228. The van der Waals surface area contributed by atoms with Gasteiger partial charge in [0, 0.05) is 25.0 Å². The first-order valence-corrected chi connectivity index (χ1v) is 7.79. The van der Waals surface area contributed by atoms with Gasteiger partial charge in [0.2, 0.25) is 0 Å². The number of benzene rings is 1. The maximum atomic E-state index is 12.2. The molecule has 1 aliphatic heterocycles. The third kappa shape index (κ3) is 4.06. The molecule has 0 aromatic heterocycles. The maximum Gasteiger partial charge on any atom is 0.288 e. The first kappa shape index (κ1) is 17.4. The van der Waals surface area contributed by atoms with E-state index in [4.69, 9.17) is 23.8 Å². The van der Waals surface area contributed by atoms with Crippen LogP contribution in [-0.4, -0.2) is 32.6 Å². The number of amides is 1. The highest BCUT2D eigenvalue weighted by Crippen LogP contribution is 2.34. The van der Waals surface area contributed by atoms with Gasteiger partial charge in [-0.15, -0.1) is 0 Å². The molecule has 1 saturated heterocycles. The van der Waals surface area contributed by atoms with E-state index < -0.39 is 16.8 Å². The predicted octanol–water partition coefficient (Wildman–Crippen LogP) is 1.59. The van der Waals surface area contributed by atoms with Crippen molar-refractivity contribution in [2.75, 3.05) is 6.54 Å². The van der Waals surface area contributed by atoms with Crippen molar-refractivity contribution in [3.05, 3.63) is 43.8 Å². The number of halogens is 1. The lowest BCUT2D eigenvalue weighted by molar-refractivity contribution is -0.384. The molecule has 120 valence electrons. The molecule has 10 heteroatoms. The fourth-order valence-corrected chi connectivity index (χ4v) is 3.30. The number of carboxylic acid groups (broad SMARTS) is 1. The number of nitrogens with zero attached hydrogens (tertiary/aromatic N) is 2. The van der Waals surface area contributed by atoms with Crippen LogP contribution in [0.3, 0.4) is 0 Å². The molecule has 1 amide bonds. The Labute approximate surface area is 145 Å². The lowest BCUT2D eigenvalue weighted by Crippen LogP contribution is -2.33. The van der Waals surface area contributed by atoms with Gasteiger partial charge in [-0.1, -0.05) is 41.6 Å². The zero-order valence-corrected chi connectivity index (χ0v) is 13.7. The summed E-state index contributed by atoms with van der Waals surface area (Å²) in [6.07, 6.45) is 1.12. The minimum Gasteiger partial charge on any atom is -0.550 e. The van der Waals surface area contributed by atoms with Gasteiger partial charge in [0.05, 0.1) is 9.83 Å². The standard InChI is InChI=1S/C13H9ClN2O5S2/c14-8-2-1-7(5-9(8)16(20)21)6-10-12(19)15(13(22)23-10)4-3-11(17)18/h1-2,5-6H,3-4H2,(H,17,18)/p-1. The highest BCUT2D eigenvalue weighted by atomic mass is 35.5. The Hall–Kier alpha value is -1.97. The number of hydrogen-bond acceptors (Lipinski definition) is 7. The van der Waals surface area contributed by atoms with E-state index in [9.17, 15) is 24.8 Å². The molecule has 0 aliphatic carbocycles. The molecule has 0 spiro atoms. The van der Waals surface area contributed by atoms with Gasteiger partial charge >= 0.3 is 0 Å². The summed E-state index contributed by atoms with van der Waals surface area (Å²) in [5.74, 6) is -1.73. The number of aliphatic carboxylic acids is 1. The zero-order chi connectivity index (χ0) is 17.1. The number of nitro benzene ring substituents is 1. The van der Waals surface area contributed by atoms with E-state index in [1.165, 1.54) is 24.3 Å². The summed E-state index contributed by atoms with van der Waals surface area (Å²) in [6, 6.07) is 4.14. The highest BCUT2D eigenvalue weighted by Gasteiger charge is 2.31. The summed E-state index contributed by atoms with van der Waals surface area (Å²) in [7, 11) is 0. The molecule has 1 heterocycles. The minimum absolute atomic E-state index is 0.00587. The monoisotopic (exact) mass is 371 g/mol. The summed E-state index contributed by atoms with van der Waals surface area (Å²) in [5.41, 5.74) is 0.148. The average Bonchev–Trinajstić information content (AvgIpc) is 2.73. The van der Waals surface area contributed by atoms with Crippen LogP contribution >= 0.6 is 35.6 Å². The SMILES string of the molecule is O=C([O-])CCN1C(=O)C(=Cc2ccc(Cl)c([N+](=O)[O-])c2)SC1=S. The second-order valence-electron chi connectivity index (χ2n) is 4.42. The van der Waals surface area contributed by atoms with Crippen molar-refractivity contribution in [2.24, 2.45) is 0 Å². The molecule has 2 rings (SSSR count). The topological polar surface area (TPSA) is 104 Å². The molecule has 0 N–H and O–H groups in total. The second-order valence-corrected chi connectivity index (χ2v) is 6.51. The fraction of sp³-hybridized carbons (Fsp3) is 0.154. The molecule has 1 aromatic carbocycles. The number of nitro groups is 1. The molecule has 0 saturated carbocycles. The van der Waals surface area contributed by atoms with Crippen LogP contribution in [-0.2, 0) is 9.59 Å². The van der Waals surface area contributed by atoms with Crippen molar-refractivity contribution >= 4 is 63.5 Å². The first-order chi connectivity index (χ1) is 10.8. The Kier molecular flexibility index (Phi) is 5.34. The number of rotatable bonds is 5. The van der Waals surface area contributed by atoms with E-state index >= 15 is 0 Å². The number of carbonyl (C=O) groups excluding carboxylic acids is 2. The van der Waals surface area contributed by atoms with Crippen LogP contribution < -0.4 is 5.11 Å². The van der Waals surface area contributed by atoms with E-state index in [-0.39, 0.29) is 32.9 Å². The molecule has 0 radical (unpaired) electrons. The van der Waals surface area contributed by atoms with Crippen LogP contribution in [0.2, 0.25) is 5.02 Å². The predicted molar refractivity (Wildman–Crippen MR) is 87.6 cm³/mol. The van der Waals surface area contributed by atoms with Crippen LogP contribution in [0.4, 0.5) is 5.69 Å². The van der Waals surface area contributed by atoms with Crippen LogP contribution in [0.5, 0.6) is 0 Å². The van der Waals surface area contributed by atoms with Gasteiger partial charge in [-0.2, -0.15) is 0 Å². The maximum absolute atomic E-state index is 12.2. The Morgan fingerprint density at radius 2 is 2.17 bits per heavy atom. The van der Waals surface area contributed by atoms with Gasteiger partial charge in [0.25, 0.3) is 11.6 Å². The molecular formula is C13H8ClN2O5S2-. The van der Waals surface area contributed by atoms with Crippen molar-refractivity contribution in [1.82, 2.24) is 4.90 Å². The second kappa shape index (κ2) is 7.07. The quantitative estimate of drug-likeness (QED) is 0.335. The Balaban J connectivity index is 2.25. The fourth-order valence-electron chi connectivity index (χ4n) is 1.81. The van der Waals surface area contributed by atoms with Crippen LogP contribution in [0.25, 0.3) is 6.08 Å². The first-order valence-electron chi connectivity index (χ1n) is 6.18. The summed E-state index contributed by atoms with van der Waals surface area (Å²) in [5, 5.41) is 21.3. The third-order valence-electron chi connectivity index (χ3n) is 2.88. The van der Waals surface area contributed by atoms with Gasteiger partial charge in [-0.25, -0.2) is 0 Å². The molecule has 1 fully saturated rings. The molecule has 0 bridgehead atoms. The highest BCUT2D eigenvalue weighted by molar-refractivity contribution is 8.26. The van der Waals surface area contributed by atoms with Crippen molar-refractivity contribution < 1.29 is 19.6 Å².